The van der Waals surface area contributed by atoms with E-state index in [4.69, 9.17) is 4.74 Å². The molecule has 2 aromatic carbocycles. The van der Waals surface area contributed by atoms with Crippen LogP contribution in [0.1, 0.15) is 30.5 Å². The minimum atomic E-state index is -4.30. The molecule has 0 bridgehead atoms. The number of hydrogen-bond donors (Lipinski definition) is 0. The van der Waals surface area contributed by atoms with Crippen molar-refractivity contribution in [3.05, 3.63) is 64.3 Å². The van der Waals surface area contributed by atoms with Crippen molar-refractivity contribution in [2.24, 2.45) is 5.18 Å². The van der Waals surface area contributed by atoms with Crippen molar-refractivity contribution < 1.29 is 22.3 Å². The zero-order valence-electron chi connectivity index (χ0n) is 16.6. The molecular weight excluding hydrogens is 420 g/mol. The number of hydrogen-bond acceptors (Lipinski definition) is 5. The van der Waals surface area contributed by atoms with Crippen molar-refractivity contribution in [1.29, 1.82) is 0 Å². The number of halogens is 4. The third kappa shape index (κ3) is 5.39. The third-order valence-electron chi connectivity index (χ3n) is 5.26. The van der Waals surface area contributed by atoms with Crippen LogP contribution in [0, 0.1) is 10.7 Å². The summed E-state index contributed by atoms with van der Waals surface area (Å²) in [5.74, 6) is -0.476. The SMILES string of the molecule is COC1(c2cc(F)cc(Sc3ccc(C(C)N=O)cc3)c2)CCN(CC(F)(F)F)C1. The largest absolute Gasteiger partial charge is 0.401 e. The Labute approximate surface area is 176 Å². The highest BCUT2D eigenvalue weighted by Gasteiger charge is 2.43. The van der Waals surface area contributed by atoms with Crippen molar-refractivity contribution in [3.8, 4) is 0 Å². The zero-order chi connectivity index (χ0) is 21.9. The predicted octanol–water partition coefficient (Wildman–Crippen LogP) is 5.91. The first-order valence-electron chi connectivity index (χ1n) is 9.40. The van der Waals surface area contributed by atoms with Gasteiger partial charge in [-0.25, -0.2) is 4.39 Å². The van der Waals surface area contributed by atoms with Gasteiger partial charge in [-0.2, -0.15) is 18.1 Å². The topological polar surface area (TPSA) is 41.9 Å². The Morgan fingerprint density at radius 1 is 1.20 bits per heavy atom. The summed E-state index contributed by atoms with van der Waals surface area (Å²) in [6, 6.07) is 11.2. The molecule has 1 aliphatic heterocycles. The molecule has 4 nitrogen and oxygen atoms in total. The molecule has 0 saturated carbocycles. The molecule has 1 heterocycles. The Bertz CT molecular complexity index is 892. The van der Waals surface area contributed by atoms with Crippen LogP contribution in [0.2, 0.25) is 0 Å². The number of ether oxygens (including phenoxy) is 1. The van der Waals surface area contributed by atoms with Crippen LogP contribution in [0.5, 0.6) is 0 Å². The standard InChI is InChI=1S/C21H22F4N2O2S/c1-14(26-28)15-3-5-18(6-4-15)30-19-10-16(9-17(22)11-19)20(29-2)7-8-27(12-20)13-21(23,24)25/h3-6,9-11,14H,7-8,12-13H2,1-2H3. The van der Waals surface area contributed by atoms with Crippen molar-refractivity contribution >= 4 is 11.8 Å². The van der Waals surface area contributed by atoms with Gasteiger partial charge >= 0.3 is 6.18 Å². The molecule has 2 atom stereocenters. The molecule has 162 valence electrons. The van der Waals surface area contributed by atoms with Gasteiger partial charge < -0.3 is 4.74 Å². The molecule has 0 radical (unpaired) electrons. The van der Waals surface area contributed by atoms with Crippen LogP contribution in [0.3, 0.4) is 0 Å². The number of likely N-dealkylation sites (tertiary alicyclic amines) is 1. The Morgan fingerprint density at radius 2 is 1.90 bits per heavy atom. The molecule has 0 spiro atoms. The number of rotatable bonds is 7. The lowest BCUT2D eigenvalue weighted by Gasteiger charge is -2.29. The highest BCUT2D eigenvalue weighted by molar-refractivity contribution is 7.99. The Morgan fingerprint density at radius 3 is 2.50 bits per heavy atom. The lowest BCUT2D eigenvalue weighted by Crippen LogP contribution is -2.37. The average Bonchev–Trinajstić information content (AvgIpc) is 3.10. The molecule has 9 heteroatoms. The van der Waals surface area contributed by atoms with Gasteiger partial charge in [-0.1, -0.05) is 29.1 Å². The summed E-state index contributed by atoms with van der Waals surface area (Å²) in [5, 5.41) is 2.99. The van der Waals surface area contributed by atoms with Crippen LogP contribution in [-0.4, -0.2) is 37.8 Å². The Hall–Kier alpha value is -1.97. The molecule has 30 heavy (non-hydrogen) atoms. The maximum atomic E-state index is 14.4. The van der Waals surface area contributed by atoms with Gasteiger partial charge in [0.2, 0.25) is 0 Å². The van der Waals surface area contributed by atoms with Crippen molar-refractivity contribution in [3.63, 3.8) is 0 Å². The fourth-order valence-corrected chi connectivity index (χ4v) is 4.56. The summed E-state index contributed by atoms with van der Waals surface area (Å²) >= 11 is 1.32. The third-order valence-corrected chi connectivity index (χ3v) is 6.24. The fraction of sp³-hybridized carbons (Fsp3) is 0.429. The number of alkyl halides is 3. The lowest BCUT2D eigenvalue weighted by atomic mass is 9.92. The molecule has 2 aromatic rings. The maximum Gasteiger partial charge on any atom is 0.401 e. The van der Waals surface area contributed by atoms with E-state index in [9.17, 15) is 22.5 Å². The second-order valence-corrected chi connectivity index (χ2v) is 8.55. The highest BCUT2D eigenvalue weighted by atomic mass is 32.2. The quantitative estimate of drug-likeness (QED) is 0.395. The van der Waals surface area contributed by atoms with Gasteiger partial charge in [-0.05, 0) is 54.8 Å². The molecular formula is C21H22F4N2O2S. The van der Waals surface area contributed by atoms with E-state index in [0.29, 0.717) is 16.9 Å². The van der Waals surface area contributed by atoms with Crippen LogP contribution in [0.4, 0.5) is 17.6 Å². The molecule has 1 aliphatic rings. The summed E-state index contributed by atoms with van der Waals surface area (Å²) in [7, 11) is 1.44. The Kier molecular flexibility index (Phi) is 6.84. The first-order valence-corrected chi connectivity index (χ1v) is 10.2. The number of benzene rings is 2. The zero-order valence-corrected chi connectivity index (χ0v) is 17.4. The van der Waals surface area contributed by atoms with Crippen LogP contribution in [0.15, 0.2) is 57.4 Å². The van der Waals surface area contributed by atoms with Crippen molar-refractivity contribution in [2.75, 3.05) is 26.7 Å². The number of nitroso groups, excluding NO2 is 1. The first kappa shape index (κ1) is 22.7. The van der Waals surface area contributed by atoms with Crippen LogP contribution >= 0.6 is 11.8 Å². The van der Waals surface area contributed by atoms with Crippen LogP contribution in [-0.2, 0) is 10.3 Å². The normalized spacial score (nSPS) is 21.0. The van der Waals surface area contributed by atoms with Gasteiger partial charge in [-0.15, -0.1) is 0 Å². The minimum absolute atomic E-state index is 0.0435. The molecule has 3 rings (SSSR count). The van der Waals surface area contributed by atoms with Crippen LogP contribution in [0.25, 0.3) is 0 Å². The van der Waals surface area contributed by atoms with E-state index >= 15 is 0 Å². The smallest absolute Gasteiger partial charge is 0.372 e. The maximum absolute atomic E-state index is 14.4. The minimum Gasteiger partial charge on any atom is -0.372 e. The van der Waals surface area contributed by atoms with E-state index in [1.807, 2.05) is 12.1 Å². The summed E-state index contributed by atoms with van der Waals surface area (Å²) in [6.07, 6.45) is -3.95. The molecule has 0 N–H and O–H groups in total. The van der Waals surface area contributed by atoms with Gasteiger partial charge in [0.25, 0.3) is 0 Å². The van der Waals surface area contributed by atoms with E-state index in [2.05, 4.69) is 5.18 Å². The van der Waals surface area contributed by atoms with Gasteiger partial charge in [0.05, 0.1) is 6.54 Å². The molecule has 0 aromatic heterocycles. The van der Waals surface area contributed by atoms with Gasteiger partial charge in [0.15, 0.2) is 0 Å². The predicted molar refractivity (Wildman–Crippen MR) is 107 cm³/mol. The molecule has 0 aliphatic carbocycles. The summed E-state index contributed by atoms with van der Waals surface area (Å²) in [5.41, 5.74) is 0.313. The average molecular weight is 442 g/mol. The second-order valence-electron chi connectivity index (χ2n) is 7.40. The fourth-order valence-electron chi connectivity index (χ4n) is 3.66. The van der Waals surface area contributed by atoms with E-state index in [1.165, 1.54) is 35.9 Å². The first-order chi connectivity index (χ1) is 14.1. The molecule has 1 fully saturated rings. The number of nitrogens with zero attached hydrogens (tertiary/aromatic N) is 2. The van der Waals surface area contributed by atoms with E-state index in [-0.39, 0.29) is 13.1 Å². The summed E-state index contributed by atoms with van der Waals surface area (Å²) < 4.78 is 58.3. The van der Waals surface area contributed by atoms with Gasteiger partial charge in [-0.3, -0.25) is 4.90 Å². The van der Waals surface area contributed by atoms with E-state index in [0.717, 1.165) is 10.5 Å². The molecule has 2 unspecified atom stereocenters. The van der Waals surface area contributed by atoms with E-state index in [1.54, 1.807) is 25.1 Å². The monoisotopic (exact) mass is 442 g/mol. The van der Waals surface area contributed by atoms with Crippen molar-refractivity contribution in [2.45, 2.75) is 41.0 Å². The van der Waals surface area contributed by atoms with Gasteiger partial charge in [0.1, 0.15) is 17.5 Å². The lowest BCUT2D eigenvalue weighted by molar-refractivity contribution is -0.146. The Balaban J connectivity index is 1.81. The highest BCUT2D eigenvalue weighted by Crippen LogP contribution is 2.39. The van der Waals surface area contributed by atoms with Crippen LogP contribution < -0.4 is 0 Å². The van der Waals surface area contributed by atoms with Crippen molar-refractivity contribution in [1.82, 2.24) is 4.90 Å². The summed E-state index contributed by atoms with van der Waals surface area (Å²) in [4.78, 5) is 13.4. The van der Waals surface area contributed by atoms with E-state index < -0.39 is 30.2 Å². The van der Waals surface area contributed by atoms with Gasteiger partial charge in [0, 0.05) is 30.0 Å². The molecule has 1 saturated heterocycles. The summed E-state index contributed by atoms with van der Waals surface area (Å²) in [6.45, 7) is 0.940. The second kappa shape index (κ2) is 9.03. The molecule has 0 amide bonds. The number of methoxy groups -OCH3 is 1.